The van der Waals surface area contributed by atoms with E-state index in [9.17, 15) is 13.2 Å². The van der Waals surface area contributed by atoms with Crippen LogP contribution in [0.25, 0.3) is 0 Å². The number of hydrogen-bond donors (Lipinski definition) is 1. The zero-order valence-electron chi connectivity index (χ0n) is 12.8. The minimum Gasteiger partial charge on any atom is -0.494 e. The average Bonchev–Trinajstić information content (AvgIpc) is 2.45. The minimum atomic E-state index is -4.32. The molecule has 5 heteroatoms. The predicted molar refractivity (Wildman–Crippen MR) is 79.1 cm³/mol. The first-order valence-corrected chi connectivity index (χ1v) is 7.98. The largest absolute Gasteiger partial charge is 0.494 e. The van der Waals surface area contributed by atoms with Crippen LogP contribution < -0.4 is 10.1 Å². The molecule has 0 atom stereocenters. The Morgan fingerprint density at radius 3 is 2.36 bits per heavy atom. The number of alkyl halides is 3. The van der Waals surface area contributed by atoms with Crippen LogP contribution in [-0.4, -0.2) is 19.7 Å². The summed E-state index contributed by atoms with van der Waals surface area (Å²) in [5.74, 6) is 0.547. The molecule has 1 aliphatic heterocycles. The van der Waals surface area contributed by atoms with Gasteiger partial charge in [0.05, 0.1) is 12.2 Å². The number of halogens is 3. The Hall–Kier alpha value is -1.23. The van der Waals surface area contributed by atoms with E-state index in [2.05, 4.69) is 5.32 Å². The lowest BCUT2D eigenvalue weighted by Gasteiger charge is -2.47. The second kappa shape index (κ2) is 5.76. The van der Waals surface area contributed by atoms with Crippen molar-refractivity contribution in [2.45, 2.75) is 44.7 Å². The first-order chi connectivity index (χ1) is 10.4. The van der Waals surface area contributed by atoms with Gasteiger partial charge >= 0.3 is 6.18 Å². The van der Waals surface area contributed by atoms with Crippen LogP contribution in [0.3, 0.4) is 0 Å². The van der Waals surface area contributed by atoms with Gasteiger partial charge in [-0.2, -0.15) is 13.2 Å². The van der Waals surface area contributed by atoms with Gasteiger partial charge in [0.15, 0.2) is 0 Å². The summed E-state index contributed by atoms with van der Waals surface area (Å²) in [6, 6.07) is 4.21. The molecule has 0 radical (unpaired) electrons. The molecule has 22 heavy (non-hydrogen) atoms. The summed E-state index contributed by atoms with van der Waals surface area (Å²) in [6.45, 7) is 4.28. The van der Waals surface area contributed by atoms with Crippen molar-refractivity contribution in [3.05, 3.63) is 29.3 Å². The van der Waals surface area contributed by atoms with Gasteiger partial charge in [-0.1, -0.05) is 0 Å². The Kier molecular flexibility index (Phi) is 4.10. The van der Waals surface area contributed by atoms with Gasteiger partial charge in [0.2, 0.25) is 0 Å². The van der Waals surface area contributed by atoms with Crippen LogP contribution >= 0.6 is 0 Å². The molecule has 2 nitrogen and oxygen atoms in total. The monoisotopic (exact) mass is 313 g/mol. The number of nitrogens with one attached hydrogen (secondary N) is 1. The van der Waals surface area contributed by atoms with Gasteiger partial charge in [-0.05, 0) is 67.7 Å². The molecule has 0 unspecified atom stereocenters. The highest BCUT2D eigenvalue weighted by atomic mass is 19.4. The van der Waals surface area contributed by atoms with E-state index >= 15 is 0 Å². The molecular formula is C17H22F3NO. The van der Waals surface area contributed by atoms with Crippen LogP contribution in [0.5, 0.6) is 5.75 Å². The summed E-state index contributed by atoms with van der Waals surface area (Å²) in [6.07, 6.45) is -0.186. The Morgan fingerprint density at radius 2 is 1.86 bits per heavy atom. The molecule has 0 amide bonds. The molecule has 1 spiro atoms. The zero-order chi connectivity index (χ0) is 15.8. The van der Waals surface area contributed by atoms with Gasteiger partial charge in [-0.15, -0.1) is 0 Å². The zero-order valence-corrected chi connectivity index (χ0v) is 12.8. The SMILES string of the molecule is CCOc1cc(C2CCC3(CC2)CNC3)cc(C(F)(F)F)c1. The number of benzene rings is 1. The highest BCUT2D eigenvalue weighted by Crippen LogP contribution is 2.46. The molecule has 2 aliphatic rings. The van der Waals surface area contributed by atoms with Gasteiger partial charge in [0, 0.05) is 13.1 Å². The van der Waals surface area contributed by atoms with Crippen LogP contribution in [0.2, 0.25) is 0 Å². The first kappa shape index (κ1) is 15.7. The maximum absolute atomic E-state index is 13.1. The van der Waals surface area contributed by atoms with E-state index < -0.39 is 11.7 Å². The Morgan fingerprint density at radius 1 is 1.18 bits per heavy atom. The number of rotatable bonds is 3. The van der Waals surface area contributed by atoms with E-state index in [1.165, 1.54) is 6.07 Å². The lowest BCUT2D eigenvalue weighted by Crippen LogP contribution is -2.54. The maximum Gasteiger partial charge on any atom is 0.416 e. The smallest absolute Gasteiger partial charge is 0.416 e. The molecular weight excluding hydrogens is 291 g/mol. The van der Waals surface area contributed by atoms with E-state index in [-0.39, 0.29) is 5.92 Å². The molecule has 0 bridgehead atoms. The van der Waals surface area contributed by atoms with Crippen LogP contribution in [0.1, 0.15) is 49.7 Å². The fourth-order valence-corrected chi connectivity index (χ4v) is 3.67. The predicted octanol–water partition coefficient (Wildman–Crippen LogP) is 4.35. The maximum atomic E-state index is 13.1. The second-order valence-corrected chi connectivity index (χ2v) is 6.60. The molecule has 1 saturated carbocycles. The van der Waals surface area contributed by atoms with E-state index in [1.54, 1.807) is 13.0 Å². The molecule has 1 aromatic rings. The lowest BCUT2D eigenvalue weighted by atomic mass is 9.66. The number of ether oxygens (including phenoxy) is 1. The normalized spacial score (nSPS) is 21.6. The van der Waals surface area contributed by atoms with Crippen molar-refractivity contribution in [3.63, 3.8) is 0 Å². The highest BCUT2D eigenvalue weighted by Gasteiger charge is 2.40. The molecule has 1 aliphatic carbocycles. The fourth-order valence-electron chi connectivity index (χ4n) is 3.67. The van der Waals surface area contributed by atoms with Crippen LogP contribution in [0.15, 0.2) is 18.2 Å². The van der Waals surface area contributed by atoms with Crippen LogP contribution in [0.4, 0.5) is 13.2 Å². The molecule has 0 aromatic heterocycles. The average molecular weight is 313 g/mol. The molecule has 122 valence electrons. The van der Waals surface area contributed by atoms with Gasteiger partial charge < -0.3 is 10.1 Å². The summed E-state index contributed by atoms with van der Waals surface area (Å²) in [4.78, 5) is 0. The first-order valence-electron chi connectivity index (χ1n) is 7.98. The molecule has 1 N–H and O–H groups in total. The molecule has 2 fully saturated rings. The summed E-state index contributed by atoms with van der Waals surface area (Å²) < 4.78 is 44.6. The quantitative estimate of drug-likeness (QED) is 0.895. The van der Waals surface area contributed by atoms with Crippen molar-refractivity contribution < 1.29 is 17.9 Å². The van der Waals surface area contributed by atoms with Crippen molar-refractivity contribution in [1.82, 2.24) is 5.32 Å². The third-order valence-electron chi connectivity index (χ3n) is 5.08. The Bertz CT molecular complexity index is 527. The Labute approximate surface area is 129 Å². The van der Waals surface area contributed by atoms with E-state index in [1.807, 2.05) is 0 Å². The molecule has 1 heterocycles. The highest BCUT2D eigenvalue weighted by molar-refractivity contribution is 5.38. The third kappa shape index (κ3) is 3.09. The summed E-state index contributed by atoms with van der Waals surface area (Å²) in [5, 5.41) is 3.31. The lowest BCUT2D eigenvalue weighted by molar-refractivity contribution is -0.137. The molecule has 1 saturated heterocycles. The summed E-state index contributed by atoms with van der Waals surface area (Å²) in [7, 11) is 0. The fraction of sp³-hybridized carbons (Fsp3) is 0.647. The summed E-state index contributed by atoms with van der Waals surface area (Å²) >= 11 is 0. The topological polar surface area (TPSA) is 21.3 Å². The number of hydrogen-bond acceptors (Lipinski definition) is 2. The Balaban J connectivity index is 1.81. The standard InChI is InChI=1S/C17H22F3NO/c1-2-22-15-8-13(7-14(9-15)17(18,19)20)12-3-5-16(6-4-12)10-21-11-16/h7-9,12,21H,2-6,10-11H2,1H3. The van der Waals surface area contributed by atoms with Gasteiger partial charge in [0.1, 0.15) is 5.75 Å². The van der Waals surface area contributed by atoms with E-state index in [0.29, 0.717) is 17.8 Å². The summed E-state index contributed by atoms with van der Waals surface area (Å²) in [5.41, 5.74) is 0.598. The molecule has 3 rings (SSSR count). The third-order valence-corrected chi connectivity index (χ3v) is 5.08. The van der Waals surface area contributed by atoms with Crippen molar-refractivity contribution in [2.75, 3.05) is 19.7 Å². The van der Waals surface area contributed by atoms with Gasteiger partial charge in [-0.25, -0.2) is 0 Å². The van der Waals surface area contributed by atoms with Crippen molar-refractivity contribution in [3.8, 4) is 5.75 Å². The van der Waals surface area contributed by atoms with Gasteiger partial charge in [-0.3, -0.25) is 0 Å². The van der Waals surface area contributed by atoms with Crippen molar-refractivity contribution >= 4 is 0 Å². The minimum absolute atomic E-state index is 0.215. The van der Waals surface area contributed by atoms with Gasteiger partial charge in [0.25, 0.3) is 0 Å². The van der Waals surface area contributed by atoms with Crippen LogP contribution in [-0.2, 0) is 6.18 Å². The van der Waals surface area contributed by atoms with Crippen molar-refractivity contribution in [1.29, 1.82) is 0 Å². The second-order valence-electron chi connectivity index (χ2n) is 6.60. The van der Waals surface area contributed by atoms with E-state index in [4.69, 9.17) is 4.74 Å². The van der Waals surface area contributed by atoms with Crippen LogP contribution in [0, 0.1) is 5.41 Å². The molecule has 1 aromatic carbocycles. The van der Waals surface area contributed by atoms with E-state index in [0.717, 1.165) is 50.4 Å². The van der Waals surface area contributed by atoms with Crippen molar-refractivity contribution in [2.24, 2.45) is 5.41 Å².